The average Bonchev–Trinajstić information content (AvgIpc) is 2.36. The van der Waals surface area contributed by atoms with Gasteiger partial charge in [-0.15, -0.1) is 24.0 Å². The fourth-order valence-corrected chi connectivity index (χ4v) is 1.51. The second-order valence-corrected chi connectivity index (χ2v) is 3.39. The Kier molecular flexibility index (Phi) is 2.35. The van der Waals surface area contributed by atoms with Gasteiger partial charge in [-0.1, -0.05) is 19.2 Å². The molecular weight excluding hydrogens is 160 g/mol. The van der Waals surface area contributed by atoms with Crippen LogP contribution in [0.2, 0.25) is 0 Å². The molecule has 1 aromatic rings. The van der Waals surface area contributed by atoms with E-state index in [9.17, 15) is 0 Å². The number of hydrogen-bond acceptors (Lipinski definition) is 2. The first kappa shape index (κ1) is 7.63. The number of thiol groups is 1. The molecule has 0 fully saturated rings. The second-order valence-electron chi connectivity index (χ2n) is 1.90. The molecule has 1 heterocycles. The zero-order chi connectivity index (χ0) is 7.56. The van der Waals surface area contributed by atoms with Gasteiger partial charge in [-0.25, -0.2) is 0 Å². The van der Waals surface area contributed by atoms with Crippen molar-refractivity contribution in [1.82, 2.24) is 0 Å². The molecule has 0 saturated heterocycles. The van der Waals surface area contributed by atoms with Gasteiger partial charge in [-0.2, -0.15) is 0 Å². The minimum Gasteiger partial charge on any atom is -0.144 e. The second kappa shape index (κ2) is 3.08. The van der Waals surface area contributed by atoms with Crippen molar-refractivity contribution in [3.8, 4) is 0 Å². The molecule has 1 rings (SSSR count). The summed E-state index contributed by atoms with van der Waals surface area (Å²) in [5, 5.41) is 2.01. The molecule has 0 spiro atoms. The zero-order valence-corrected chi connectivity index (χ0v) is 7.21. The molecule has 0 aromatic carbocycles. The van der Waals surface area contributed by atoms with E-state index in [1.807, 2.05) is 17.5 Å². The van der Waals surface area contributed by atoms with Crippen molar-refractivity contribution in [3.63, 3.8) is 0 Å². The van der Waals surface area contributed by atoms with Crippen LogP contribution in [0.4, 0.5) is 0 Å². The molecule has 0 atom stereocenters. The van der Waals surface area contributed by atoms with E-state index in [1.165, 1.54) is 0 Å². The van der Waals surface area contributed by atoms with Crippen LogP contribution in [-0.4, -0.2) is 0 Å². The quantitative estimate of drug-likeness (QED) is 0.509. The summed E-state index contributed by atoms with van der Waals surface area (Å²) in [4.78, 5) is 1.88. The smallest absolute Gasteiger partial charge is 0.0347 e. The van der Waals surface area contributed by atoms with E-state index in [0.717, 1.165) is 15.4 Å². The Morgan fingerprint density at radius 3 is 2.60 bits per heavy atom. The molecule has 0 aliphatic heterocycles. The monoisotopic (exact) mass is 168 g/mol. The predicted octanol–water partition coefficient (Wildman–Crippen LogP) is 3.20. The molecule has 0 aliphatic carbocycles. The Labute approximate surface area is 70.3 Å². The highest BCUT2D eigenvalue weighted by molar-refractivity contribution is 7.85. The van der Waals surface area contributed by atoms with Crippen LogP contribution in [-0.2, 0) is 0 Å². The standard InChI is InChI=1S/C8H8S2/c1-6(7(2)9)8-4-3-5-10-8/h3-5,9H,1-2H2. The maximum atomic E-state index is 4.09. The van der Waals surface area contributed by atoms with Gasteiger partial charge < -0.3 is 0 Å². The molecule has 0 aliphatic rings. The summed E-state index contributed by atoms with van der Waals surface area (Å²) in [7, 11) is 0. The van der Waals surface area contributed by atoms with Gasteiger partial charge in [0.05, 0.1) is 0 Å². The summed E-state index contributed by atoms with van der Waals surface area (Å²) >= 11 is 5.74. The third-order valence-corrected chi connectivity index (χ3v) is 2.37. The first-order chi connectivity index (χ1) is 4.72. The van der Waals surface area contributed by atoms with Crippen molar-refractivity contribution < 1.29 is 0 Å². The van der Waals surface area contributed by atoms with Gasteiger partial charge in [0.15, 0.2) is 0 Å². The number of thiophene rings is 1. The molecular formula is C8H8S2. The first-order valence-corrected chi connectivity index (χ1v) is 4.15. The maximum absolute atomic E-state index is 4.09. The lowest BCUT2D eigenvalue weighted by atomic mass is 10.2. The van der Waals surface area contributed by atoms with Crippen LogP contribution < -0.4 is 0 Å². The third-order valence-electron chi connectivity index (χ3n) is 1.17. The Bertz CT molecular complexity index is 244. The number of allylic oxidation sites excluding steroid dienone is 1. The molecule has 0 unspecified atom stereocenters. The van der Waals surface area contributed by atoms with Crippen molar-refractivity contribution in [2.45, 2.75) is 0 Å². The third kappa shape index (κ3) is 1.52. The van der Waals surface area contributed by atoms with E-state index in [0.29, 0.717) is 0 Å². The van der Waals surface area contributed by atoms with E-state index in [4.69, 9.17) is 0 Å². The van der Waals surface area contributed by atoms with Crippen molar-refractivity contribution in [3.05, 3.63) is 40.5 Å². The topological polar surface area (TPSA) is 0 Å². The Morgan fingerprint density at radius 1 is 1.50 bits per heavy atom. The minimum absolute atomic E-state index is 0.738. The van der Waals surface area contributed by atoms with Crippen LogP contribution in [0.25, 0.3) is 5.57 Å². The summed E-state index contributed by atoms with van der Waals surface area (Å²) in [6.07, 6.45) is 0. The van der Waals surface area contributed by atoms with Crippen LogP contribution in [0.15, 0.2) is 35.6 Å². The SMILES string of the molecule is C=C(S)C(=C)c1cccs1. The summed E-state index contributed by atoms with van der Waals surface area (Å²) < 4.78 is 0. The van der Waals surface area contributed by atoms with E-state index >= 15 is 0 Å². The van der Waals surface area contributed by atoms with Gasteiger partial charge in [-0.3, -0.25) is 0 Å². The largest absolute Gasteiger partial charge is 0.144 e. The van der Waals surface area contributed by atoms with Gasteiger partial charge in [0.25, 0.3) is 0 Å². The first-order valence-electron chi connectivity index (χ1n) is 2.83. The highest BCUT2D eigenvalue weighted by Crippen LogP contribution is 2.25. The van der Waals surface area contributed by atoms with Crippen molar-refractivity contribution in [1.29, 1.82) is 0 Å². The van der Waals surface area contributed by atoms with Gasteiger partial charge in [0.1, 0.15) is 0 Å². The number of rotatable bonds is 2. The highest BCUT2D eigenvalue weighted by Gasteiger charge is 1.98. The molecule has 52 valence electrons. The zero-order valence-electron chi connectivity index (χ0n) is 5.50. The molecule has 10 heavy (non-hydrogen) atoms. The highest BCUT2D eigenvalue weighted by atomic mass is 32.1. The normalized spacial score (nSPS) is 9.30. The molecule has 0 bridgehead atoms. The van der Waals surface area contributed by atoms with Crippen molar-refractivity contribution in [2.24, 2.45) is 0 Å². The molecule has 0 radical (unpaired) electrons. The lowest BCUT2D eigenvalue weighted by molar-refractivity contribution is 1.87. The van der Waals surface area contributed by atoms with Gasteiger partial charge in [0, 0.05) is 9.78 Å². The Hall–Kier alpha value is -0.470. The van der Waals surface area contributed by atoms with Gasteiger partial charge >= 0.3 is 0 Å². The maximum Gasteiger partial charge on any atom is 0.0347 e. The van der Waals surface area contributed by atoms with E-state index in [-0.39, 0.29) is 0 Å². The molecule has 1 aromatic heterocycles. The Morgan fingerprint density at radius 2 is 2.20 bits per heavy atom. The van der Waals surface area contributed by atoms with Crippen LogP contribution in [0.5, 0.6) is 0 Å². The summed E-state index contributed by atoms with van der Waals surface area (Å²) in [5.41, 5.74) is 0.915. The molecule has 0 amide bonds. The van der Waals surface area contributed by atoms with Gasteiger partial charge in [-0.05, 0) is 17.0 Å². The van der Waals surface area contributed by atoms with E-state index in [2.05, 4.69) is 25.8 Å². The summed E-state index contributed by atoms with van der Waals surface area (Å²) in [5.74, 6) is 0. The summed E-state index contributed by atoms with van der Waals surface area (Å²) in [6, 6.07) is 4.00. The fourth-order valence-electron chi connectivity index (χ4n) is 0.592. The van der Waals surface area contributed by atoms with Crippen LogP contribution in [0.3, 0.4) is 0 Å². The van der Waals surface area contributed by atoms with Crippen molar-refractivity contribution in [2.75, 3.05) is 0 Å². The number of hydrogen-bond donors (Lipinski definition) is 1. The molecule has 0 saturated carbocycles. The summed E-state index contributed by atoms with van der Waals surface area (Å²) in [6.45, 7) is 7.51. The predicted molar refractivity (Wildman–Crippen MR) is 51.5 cm³/mol. The van der Waals surface area contributed by atoms with Crippen LogP contribution in [0, 0.1) is 0 Å². The minimum atomic E-state index is 0.738. The van der Waals surface area contributed by atoms with Crippen LogP contribution >= 0.6 is 24.0 Å². The molecule has 0 N–H and O–H groups in total. The van der Waals surface area contributed by atoms with E-state index in [1.54, 1.807) is 11.3 Å². The average molecular weight is 168 g/mol. The van der Waals surface area contributed by atoms with Crippen molar-refractivity contribution >= 4 is 29.5 Å². The fraction of sp³-hybridized carbons (Fsp3) is 0. The lowest BCUT2D eigenvalue weighted by Crippen LogP contribution is -1.72. The van der Waals surface area contributed by atoms with Gasteiger partial charge in [0.2, 0.25) is 0 Å². The lowest BCUT2D eigenvalue weighted by Gasteiger charge is -1.97. The molecule has 0 nitrogen and oxygen atoms in total. The molecule has 2 heteroatoms. The Balaban J connectivity index is 2.88. The van der Waals surface area contributed by atoms with E-state index < -0.39 is 0 Å². The van der Waals surface area contributed by atoms with Crippen LogP contribution in [0.1, 0.15) is 4.88 Å².